The van der Waals surface area contributed by atoms with Crippen LogP contribution >= 0.6 is 0 Å². The molecule has 1 saturated heterocycles. The molecule has 0 saturated carbocycles. The van der Waals surface area contributed by atoms with E-state index in [1.165, 1.54) is 12.5 Å². The second-order valence-electron chi connectivity index (χ2n) is 7.69. The van der Waals surface area contributed by atoms with E-state index in [0.29, 0.717) is 17.0 Å². The van der Waals surface area contributed by atoms with E-state index in [0.717, 1.165) is 29.9 Å². The molecule has 4 nitrogen and oxygen atoms in total. The van der Waals surface area contributed by atoms with Crippen molar-refractivity contribution in [2.24, 2.45) is 10.7 Å². The molecule has 2 aromatic carbocycles. The number of alkyl halides is 3. The van der Waals surface area contributed by atoms with Gasteiger partial charge in [0, 0.05) is 30.1 Å². The molecule has 2 aromatic rings. The summed E-state index contributed by atoms with van der Waals surface area (Å²) in [6, 6.07) is 15.3. The van der Waals surface area contributed by atoms with Gasteiger partial charge in [0.25, 0.3) is 0 Å². The third kappa shape index (κ3) is 5.11. The summed E-state index contributed by atoms with van der Waals surface area (Å²) >= 11 is 0. The van der Waals surface area contributed by atoms with Crippen molar-refractivity contribution in [1.82, 2.24) is 4.90 Å². The van der Waals surface area contributed by atoms with Gasteiger partial charge in [0.15, 0.2) is 0 Å². The Balaban J connectivity index is 1.81. The monoisotopic (exact) mass is 436 g/mol. The van der Waals surface area contributed by atoms with Crippen LogP contribution in [0.1, 0.15) is 40.7 Å². The summed E-state index contributed by atoms with van der Waals surface area (Å²) in [4.78, 5) is 5.60. The summed E-state index contributed by atoms with van der Waals surface area (Å²) in [7, 11) is 0. The van der Waals surface area contributed by atoms with Crippen LogP contribution < -0.4 is 5.73 Å². The van der Waals surface area contributed by atoms with Crippen molar-refractivity contribution >= 4 is 17.6 Å². The van der Waals surface area contributed by atoms with E-state index in [4.69, 9.17) is 11.0 Å². The fourth-order valence-electron chi connectivity index (χ4n) is 3.59. The van der Waals surface area contributed by atoms with Gasteiger partial charge in [-0.3, -0.25) is 4.99 Å². The van der Waals surface area contributed by atoms with Gasteiger partial charge in [0.2, 0.25) is 0 Å². The number of hydrogen-bond donors (Lipinski definition) is 1. The van der Waals surface area contributed by atoms with Gasteiger partial charge in [0.1, 0.15) is 6.21 Å². The topological polar surface area (TPSA) is 65.4 Å². The second-order valence-corrected chi connectivity index (χ2v) is 7.69. The zero-order valence-electron chi connectivity index (χ0n) is 17.9. The lowest BCUT2D eigenvalue weighted by Gasteiger charge is -2.42. The number of allylic oxidation sites excluding steroid dienone is 1. The fraction of sp³-hybridized carbons (Fsp3) is 0.240. The molecule has 0 amide bonds. The van der Waals surface area contributed by atoms with Crippen molar-refractivity contribution in [3.05, 3.63) is 88.3 Å². The summed E-state index contributed by atoms with van der Waals surface area (Å²) in [5.74, 6) is 0.333. The Labute approximate surface area is 185 Å². The molecule has 0 radical (unpaired) electrons. The number of aliphatic imine (C=N–C) groups is 1. The summed E-state index contributed by atoms with van der Waals surface area (Å²) in [5.41, 5.74) is 14.3. The van der Waals surface area contributed by atoms with Gasteiger partial charge in [-0.2, -0.15) is 18.4 Å². The Morgan fingerprint density at radius 3 is 2.44 bits per heavy atom. The molecule has 0 aromatic heterocycles. The van der Waals surface area contributed by atoms with E-state index in [1.807, 2.05) is 49.4 Å². The molecular formula is C25H23F3N4. The number of nitriles is 1. The van der Waals surface area contributed by atoms with Crippen molar-refractivity contribution < 1.29 is 13.2 Å². The minimum absolute atomic E-state index is 0.0627. The van der Waals surface area contributed by atoms with Crippen LogP contribution in [0.25, 0.3) is 11.4 Å². The van der Waals surface area contributed by atoms with Crippen LogP contribution in [0, 0.1) is 18.3 Å². The molecule has 1 fully saturated rings. The molecule has 32 heavy (non-hydrogen) atoms. The molecule has 0 bridgehead atoms. The number of nitrogens with two attached hydrogens (primary N) is 1. The van der Waals surface area contributed by atoms with Gasteiger partial charge < -0.3 is 10.6 Å². The number of aryl methyl sites for hydroxylation is 1. The quantitative estimate of drug-likeness (QED) is 0.506. The van der Waals surface area contributed by atoms with Crippen molar-refractivity contribution in [2.75, 3.05) is 13.1 Å². The van der Waals surface area contributed by atoms with Crippen LogP contribution in [-0.2, 0) is 0 Å². The maximum Gasteiger partial charge on any atom is 0.426 e. The molecule has 1 heterocycles. The van der Waals surface area contributed by atoms with Crippen LogP contribution in [0.5, 0.6) is 0 Å². The first-order chi connectivity index (χ1) is 15.1. The third-order valence-corrected chi connectivity index (χ3v) is 5.47. The van der Waals surface area contributed by atoms with Crippen LogP contribution in [0.4, 0.5) is 13.2 Å². The lowest BCUT2D eigenvalue weighted by atomic mass is 9.89. The Hall–Kier alpha value is -3.75. The average Bonchev–Trinajstić information content (AvgIpc) is 2.74. The first kappa shape index (κ1) is 22.9. The lowest BCUT2D eigenvalue weighted by molar-refractivity contribution is -0.0536. The second kappa shape index (κ2) is 9.17. The summed E-state index contributed by atoms with van der Waals surface area (Å²) < 4.78 is 37.4. The maximum absolute atomic E-state index is 12.5. The van der Waals surface area contributed by atoms with Gasteiger partial charge in [0.05, 0.1) is 28.7 Å². The molecule has 0 aliphatic carbocycles. The van der Waals surface area contributed by atoms with E-state index >= 15 is 0 Å². The van der Waals surface area contributed by atoms with Gasteiger partial charge in [-0.15, -0.1) is 5.73 Å². The first-order valence-electron chi connectivity index (χ1n) is 9.97. The van der Waals surface area contributed by atoms with Gasteiger partial charge in [-0.1, -0.05) is 30.8 Å². The molecule has 3 rings (SSSR count). The maximum atomic E-state index is 12.5. The Kier molecular flexibility index (Phi) is 6.57. The highest BCUT2D eigenvalue weighted by atomic mass is 19.4. The van der Waals surface area contributed by atoms with Gasteiger partial charge in [-0.05, 0) is 43.2 Å². The van der Waals surface area contributed by atoms with E-state index < -0.39 is 6.18 Å². The average molecular weight is 436 g/mol. The van der Waals surface area contributed by atoms with Crippen molar-refractivity contribution in [2.45, 2.75) is 25.9 Å². The molecule has 0 atom stereocenters. The molecule has 1 aliphatic heterocycles. The number of likely N-dealkylation sites (tertiary alicyclic amines) is 1. The summed E-state index contributed by atoms with van der Waals surface area (Å²) in [5, 5.41) is 8.95. The molecular weight excluding hydrogens is 413 g/mol. The van der Waals surface area contributed by atoms with Crippen molar-refractivity contribution in [3.63, 3.8) is 0 Å². The highest BCUT2D eigenvalue weighted by Crippen LogP contribution is 2.34. The third-order valence-electron chi connectivity index (χ3n) is 5.47. The highest BCUT2D eigenvalue weighted by molar-refractivity contribution is 5.75. The van der Waals surface area contributed by atoms with Crippen molar-refractivity contribution in [1.29, 1.82) is 5.26 Å². The van der Waals surface area contributed by atoms with E-state index in [-0.39, 0.29) is 17.6 Å². The minimum atomic E-state index is -4.50. The summed E-state index contributed by atoms with van der Waals surface area (Å²) in [6.07, 6.45) is -4.56. The Bertz CT molecular complexity index is 1160. The minimum Gasteiger partial charge on any atom is -0.397 e. The largest absolute Gasteiger partial charge is 0.426 e. The molecule has 2 N–H and O–H groups in total. The number of hydrogen-bond acceptors (Lipinski definition) is 4. The number of benzene rings is 2. The SMILES string of the molecule is C=C=C(c1ccc(C)c(/C(N)=C(\C)N=CC(F)(F)F)c1)N1CC(c2ccc(C#N)cc2)C1. The zero-order valence-corrected chi connectivity index (χ0v) is 17.9. The number of halogens is 3. The molecule has 1 aliphatic rings. The number of nitrogens with zero attached hydrogens (tertiary/aromatic N) is 3. The van der Waals surface area contributed by atoms with E-state index in [1.54, 1.807) is 0 Å². The molecule has 0 spiro atoms. The molecule has 7 heteroatoms. The normalized spacial score (nSPS) is 15.1. The Morgan fingerprint density at radius 2 is 1.88 bits per heavy atom. The summed E-state index contributed by atoms with van der Waals surface area (Å²) in [6.45, 7) is 8.65. The Morgan fingerprint density at radius 1 is 1.22 bits per heavy atom. The van der Waals surface area contributed by atoms with E-state index in [2.05, 4.69) is 28.3 Å². The highest BCUT2D eigenvalue weighted by Gasteiger charge is 2.30. The first-order valence-corrected chi connectivity index (χ1v) is 9.97. The van der Waals surface area contributed by atoms with E-state index in [9.17, 15) is 13.2 Å². The number of rotatable bonds is 5. The van der Waals surface area contributed by atoms with Crippen molar-refractivity contribution in [3.8, 4) is 6.07 Å². The van der Waals surface area contributed by atoms with Crippen LogP contribution in [0.3, 0.4) is 0 Å². The zero-order chi connectivity index (χ0) is 23.5. The molecule has 0 unspecified atom stereocenters. The predicted octanol–water partition coefficient (Wildman–Crippen LogP) is 5.37. The fourth-order valence-corrected chi connectivity index (χ4v) is 3.59. The van der Waals surface area contributed by atoms with Crippen LogP contribution in [0.15, 0.2) is 65.5 Å². The lowest BCUT2D eigenvalue weighted by Crippen LogP contribution is -2.43. The van der Waals surface area contributed by atoms with Crippen LogP contribution in [0.2, 0.25) is 0 Å². The standard InChI is InChI=1S/C25H23F3N4/c1-4-23(32-13-21(14-32)19-9-6-18(12-29)7-10-19)20-8-5-16(2)22(11-20)24(30)17(3)31-15-25(26,27)28/h5-11,15,21H,1,13-14,30H2,2-3H3/b24-17-,31-15?. The predicted molar refractivity (Wildman–Crippen MR) is 121 cm³/mol. The van der Waals surface area contributed by atoms with Gasteiger partial charge >= 0.3 is 6.18 Å². The molecule has 164 valence electrons. The van der Waals surface area contributed by atoms with Crippen LogP contribution in [-0.4, -0.2) is 30.4 Å². The van der Waals surface area contributed by atoms with Gasteiger partial charge in [-0.25, -0.2) is 0 Å². The smallest absolute Gasteiger partial charge is 0.397 e.